The smallest absolute Gasteiger partial charge is 0.240 e. The Morgan fingerprint density at radius 3 is 2.76 bits per heavy atom. The topological polar surface area (TPSA) is 66.4 Å². The molecular formula is C14H20FNO3S2. The molecule has 1 aliphatic heterocycles. The first-order chi connectivity index (χ1) is 9.77. The molecule has 1 unspecified atom stereocenters. The molecule has 118 valence electrons. The Labute approximate surface area is 129 Å². The van der Waals surface area contributed by atoms with Crippen molar-refractivity contribution in [3.8, 4) is 0 Å². The largest absolute Gasteiger partial charge is 0.392 e. The van der Waals surface area contributed by atoms with Gasteiger partial charge in [-0.1, -0.05) is 0 Å². The second-order valence-electron chi connectivity index (χ2n) is 5.60. The third kappa shape index (κ3) is 3.77. The van der Waals surface area contributed by atoms with Gasteiger partial charge in [0, 0.05) is 16.9 Å². The molecule has 7 heteroatoms. The molecule has 4 nitrogen and oxygen atoms in total. The predicted molar refractivity (Wildman–Crippen MR) is 82.3 cm³/mol. The number of benzene rings is 1. The monoisotopic (exact) mass is 333 g/mol. The zero-order valence-corrected chi connectivity index (χ0v) is 13.8. The summed E-state index contributed by atoms with van der Waals surface area (Å²) in [5.74, 6) is 0.484. The molecule has 2 N–H and O–H groups in total. The van der Waals surface area contributed by atoms with Gasteiger partial charge in [0.25, 0.3) is 0 Å². The van der Waals surface area contributed by atoms with Gasteiger partial charge >= 0.3 is 0 Å². The second kappa shape index (κ2) is 6.24. The summed E-state index contributed by atoms with van der Waals surface area (Å²) in [6.07, 6.45) is 2.07. The van der Waals surface area contributed by atoms with Gasteiger partial charge in [-0.15, -0.1) is 0 Å². The Morgan fingerprint density at radius 1 is 1.48 bits per heavy atom. The van der Waals surface area contributed by atoms with E-state index in [9.17, 15) is 12.8 Å². The van der Waals surface area contributed by atoms with Gasteiger partial charge in [0.05, 0.1) is 11.5 Å². The van der Waals surface area contributed by atoms with E-state index in [1.165, 1.54) is 19.1 Å². The highest BCUT2D eigenvalue weighted by molar-refractivity contribution is 8.01. The minimum Gasteiger partial charge on any atom is -0.392 e. The average Bonchev–Trinajstić information content (AvgIpc) is 2.87. The first-order valence-electron chi connectivity index (χ1n) is 6.81. The van der Waals surface area contributed by atoms with Crippen molar-refractivity contribution in [1.82, 2.24) is 4.72 Å². The van der Waals surface area contributed by atoms with Crippen molar-refractivity contribution < 1.29 is 17.9 Å². The van der Waals surface area contributed by atoms with E-state index in [0.29, 0.717) is 6.54 Å². The number of hydrogen-bond acceptors (Lipinski definition) is 4. The van der Waals surface area contributed by atoms with Crippen molar-refractivity contribution in [3.63, 3.8) is 0 Å². The Hall–Kier alpha value is -0.630. The van der Waals surface area contributed by atoms with Crippen LogP contribution < -0.4 is 4.72 Å². The van der Waals surface area contributed by atoms with Crippen LogP contribution >= 0.6 is 11.8 Å². The molecule has 0 aliphatic carbocycles. The lowest BCUT2D eigenvalue weighted by Gasteiger charge is -2.23. The maximum absolute atomic E-state index is 13.7. The number of aliphatic hydroxyl groups is 1. The van der Waals surface area contributed by atoms with Gasteiger partial charge in [-0.05, 0) is 50.1 Å². The van der Waals surface area contributed by atoms with Gasteiger partial charge in [-0.2, -0.15) is 11.8 Å². The minimum atomic E-state index is -3.70. The van der Waals surface area contributed by atoms with Gasteiger partial charge in [-0.3, -0.25) is 0 Å². The predicted octanol–water partition coefficient (Wildman–Crippen LogP) is 2.19. The number of nitrogens with one attached hydrogen (secondary N) is 1. The van der Waals surface area contributed by atoms with E-state index in [4.69, 9.17) is 5.11 Å². The Bertz CT molecular complexity index is 625. The highest BCUT2D eigenvalue weighted by Gasteiger charge is 2.31. The van der Waals surface area contributed by atoms with Crippen molar-refractivity contribution in [2.24, 2.45) is 0 Å². The Morgan fingerprint density at radius 2 is 2.19 bits per heavy atom. The molecule has 0 bridgehead atoms. The molecule has 1 aromatic carbocycles. The lowest BCUT2D eigenvalue weighted by Crippen LogP contribution is -2.36. The molecule has 2 rings (SSSR count). The van der Waals surface area contributed by atoms with E-state index in [1.54, 1.807) is 11.8 Å². The van der Waals surface area contributed by atoms with Crippen molar-refractivity contribution >= 4 is 21.8 Å². The normalized spacial score (nSPS) is 22.7. The molecule has 1 saturated heterocycles. The summed E-state index contributed by atoms with van der Waals surface area (Å²) in [5.41, 5.74) is 0.209. The molecule has 1 heterocycles. The summed E-state index contributed by atoms with van der Waals surface area (Å²) < 4.78 is 40.9. The quantitative estimate of drug-likeness (QED) is 0.867. The lowest BCUT2D eigenvalue weighted by atomic mass is 10.1. The van der Waals surface area contributed by atoms with Gasteiger partial charge < -0.3 is 5.11 Å². The molecule has 0 saturated carbocycles. The van der Waals surface area contributed by atoms with Crippen molar-refractivity contribution in [1.29, 1.82) is 0 Å². The highest BCUT2D eigenvalue weighted by Crippen LogP contribution is 2.37. The molecular weight excluding hydrogens is 313 g/mol. The van der Waals surface area contributed by atoms with Crippen LogP contribution in [-0.4, -0.2) is 30.6 Å². The number of hydrogen-bond donors (Lipinski definition) is 2. The molecule has 0 spiro atoms. The van der Waals surface area contributed by atoms with Crippen molar-refractivity contribution in [3.05, 3.63) is 29.1 Å². The van der Waals surface area contributed by atoms with Gasteiger partial charge in [0.1, 0.15) is 5.82 Å². The number of aryl methyl sites for hydroxylation is 1. The van der Waals surface area contributed by atoms with E-state index in [2.05, 4.69) is 4.72 Å². The third-order valence-corrected chi connectivity index (χ3v) is 6.64. The molecule has 0 aromatic heterocycles. The summed E-state index contributed by atoms with van der Waals surface area (Å²) in [5, 5.41) is 9.12. The summed E-state index contributed by atoms with van der Waals surface area (Å²) >= 11 is 1.77. The number of aliphatic hydroxyl groups excluding tert-OH is 1. The van der Waals surface area contributed by atoms with E-state index in [-0.39, 0.29) is 20.8 Å². The van der Waals surface area contributed by atoms with Crippen molar-refractivity contribution in [2.75, 3.05) is 12.3 Å². The van der Waals surface area contributed by atoms with Crippen LogP contribution in [-0.2, 0) is 16.6 Å². The molecule has 21 heavy (non-hydrogen) atoms. The fourth-order valence-corrected chi connectivity index (χ4v) is 5.02. The van der Waals surface area contributed by atoms with E-state index < -0.39 is 22.4 Å². The number of rotatable bonds is 5. The van der Waals surface area contributed by atoms with Crippen LogP contribution in [0.2, 0.25) is 0 Å². The first-order valence-corrected chi connectivity index (χ1v) is 9.28. The van der Waals surface area contributed by atoms with Crippen LogP contribution in [0.1, 0.15) is 30.9 Å². The maximum atomic E-state index is 13.7. The van der Waals surface area contributed by atoms with Gasteiger partial charge in [-0.25, -0.2) is 17.5 Å². The summed E-state index contributed by atoms with van der Waals surface area (Å²) in [6.45, 7) is 3.36. The number of halogens is 1. The van der Waals surface area contributed by atoms with Crippen LogP contribution in [0, 0.1) is 12.7 Å². The zero-order valence-electron chi connectivity index (χ0n) is 12.1. The number of thioether (sulfide) groups is 1. The van der Waals surface area contributed by atoms with Crippen LogP contribution in [0.5, 0.6) is 0 Å². The lowest BCUT2D eigenvalue weighted by molar-refractivity contribution is 0.275. The van der Waals surface area contributed by atoms with Crippen LogP contribution in [0.25, 0.3) is 0 Å². The third-order valence-electron chi connectivity index (χ3n) is 3.72. The fourth-order valence-electron chi connectivity index (χ4n) is 2.38. The fraction of sp³-hybridized carbons (Fsp3) is 0.571. The van der Waals surface area contributed by atoms with Gasteiger partial charge in [0.15, 0.2) is 0 Å². The zero-order chi connectivity index (χ0) is 15.7. The SMILES string of the molecule is Cc1cc(S(=O)(=O)NCC2(C)CCCS2)cc(CO)c1F. The Kier molecular flexibility index (Phi) is 4.97. The first kappa shape index (κ1) is 16.7. The molecule has 1 atom stereocenters. The number of sulfonamides is 1. The summed E-state index contributed by atoms with van der Waals surface area (Å²) in [4.78, 5) is -0.00273. The molecule has 1 aliphatic rings. The standard InChI is InChI=1S/C14H20FNO3S2/c1-10-6-12(7-11(8-17)13(10)15)21(18,19)16-9-14(2)4-3-5-20-14/h6-7,16-17H,3-5,8-9H2,1-2H3. The molecule has 1 fully saturated rings. The minimum absolute atomic E-state index is 0.00273. The second-order valence-corrected chi connectivity index (χ2v) is 9.05. The van der Waals surface area contributed by atoms with E-state index in [1.807, 2.05) is 6.92 Å². The van der Waals surface area contributed by atoms with Gasteiger partial charge in [0.2, 0.25) is 10.0 Å². The molecule has 0 amide bonds. The van der Waals surface area contributed by atoms with E-state index >= 15 is 0 Å². The molecule has 0 radical (unpaired) electrons. The van der Waals surface area contributed by atoms with E-state index in [0.717, 1.165) is 18.6 Å². The molecule has 1 aromatic rings. The van der Waals surface area contributed by atoms with Crippen LogP contribution in [0.15, 0.2) is 17.0 Å². The maximum Gasteiger partial charge on any atom is 0.240 e. The van der Waals surface area contributed by atoms with Crippen molar-refractivity contribution in [2.45, 2.75) is 42.9 Å². The Balaban J connectivity index is 2.21. The van der Waals surface area contributed by atoms with Crippen LogP contribution in [0.4, 0.5) is 4.39 Å². The highest BCUT2D eigenvalue weighted by atomic mass is 32.2. The summed E-state index contributed by atoms with van der Waals surface area (Å²) in [6, 6.07) is 2.48. The summed E-state index contributed by atoms with van der Waals surface area (Å²) in [7, 11) is -3.70. The average molecular weight is 333 g/mol. The van der Waals surface area contributed by atoms with Crippen LogP contribution in [0.3, 0.4) is 0 Å².